The number of nitro groups is 1. The van der Waals surface area contributed by atoms with Gasteiger partial charge in [-0.2, -0.15) is 0 Å². The Balaban J connectivity index is 1.71. The van der Waals surface area contributed by atoms with Gasteiger partial charge in [-0.25, -0.2) is 0 Å². The molecule has 0 atom stereocenters. The molecule has 0 aliphatic rings. The van der Waals surface area contributed by atoms with Crippen molar-refractivity contribution in [3.05, 3.63) is 57.6 Å². The van der Waals surface area contributed by atoms with Gasteiger partial charge in [0.1, 0.15) is 5.75 Å². The zero-order valence-electron chi connectivity index (χ0n) is 13.2. The number of non-ortho nitro benzene ring substituents is 1. The van der Waals surface area contributed by atoms with Crippen LogP contribution in [0.4, 0.5) is 5.69 Å². The van der Waals surface area contributed by atoms with E-state index in [1.807, 2.05) is 24.3 Å². The summed E-state index contributed by atoms with van der Waals surface area (Å²) in [5, 5.41) is 10.9. The maximum Gasteiger partial charge on any atom is 0.271 e. The molecule has 0 aliphatic heterocycles. The van der Waals surface area contributed by atoms with Crippen LogP contribution in [0.5, 0.6) is 17.2 Å². The quantitative estimate of drug-likeness (QED) is 0.378. The summed E-state index contributed by atoms with van der Waals surface area (Å²) in [5.41, 5.74) is -0.0578. The lowest BCUT2D eigenvalue weighted by atomic mass is 10.3. The first-order valence-electron chi connectivity index (χ1n) is 7.44. The molecule has 0 unspecified atom stereocenters. The minimum absolute atomic E-state index is 0.0578. The summed E-state index contributed by atoms with van der Waals surface area (Å²) >= 11 is 5.96. The second kappa shape index (κ2) is 8.98. The summed E-state index contributed by atoms with van der Waals surface area (Å²) in [6, 6.07) is 11.6. The van der Waals surface area contributed by atoms with E-state index in [0.29, 0.717) is 30.5 Å². The predicted molar refractivity (Wildman–Crippen MR) is 91.3 cm³/mol. The predicted octanol–water partition coefficient (Wildman–Crippen LogP) is 4.49. The van der Waals surface area contributed by atoms with Gasteiger partial charge in [-0.3, -0.25) is 10.1 Å². The van der Waals surface area contributed by atoms with Crippen molar-refractivity contribution in [1.29, 1.82) is 0 Å². The SMILES string of the molecule is COc1ccccc1OCCCCOc1ccc([N+](=O)[O-])cc1Cl. The van der Waals surface area contributed by atoms with Crippen molar-refractivity contribution in [1.82, 2.24) is 0 Å². The lowest BCUT2D eigenvalue weighted by molar-refractivity contribution is -0.384. The van der Waals surface area contributed by atoms with Gasteiger partial charge in [0.25, 0.3) is 5.69 Å². The van der Waals surface area contributed by atoms with E-state index in [1.165, 1.54) is 18.2 Å². The average Bonchev–Trinajstić information content (AvgIpc) is 2.59. The van der Waals surface area contributed by atoms with E-state index >= 15 is 0 Å². The molecule has 0 spiro atoms. The first-order valence-corrected chi connectivity index (χ1v) is 7.82. The molecule has 24 heavy (non-hydrogen) atoms. The van der Waals surface area contributed by atoms with Crippen LogP contribution in [0, 0.1) is 10.1 Å². The van der Waals surface area contributed by atoms with Gasteiger partial charge < -0.3 is 14.2 Å². The third-order valence-electron chi connectivity index (χ3n) is 3.25. The Labute approximate surface area is 145 Å². The first kappa shape index (κ1) is 17.9. The molecule has 0 amide bonds. The Bertz CT molecular complexity index is 692. The van der Waals surface area contributed by atoms with Crippen LogP contribution in [0.15, 0.2) is 42.5 Å². The minimum Gasteiger partial charge on any atom is -0.493 e. The molecular formula is C17H18ClNO5. The van der Waals surface area contributed by atoms with Crippen molar-refractivity contribution in [2.24, 2.45) is 0 Å². The van der Waals surface area contributed by atoms with E-state index in [0.717, 1.165) is 12.8 Å². The number of nitrogens with zero attached hydrogens (tertiary/aromatic N) is 1. The van der Waals surface area contributed by atoms with E-state index < -0.39 is 4.92 Å². The Morgan fingerprint density at radius 3 is 2.21 bits per heavy atom. The molecule has 0 fully saturated rings. The summed E-state index contributed by atoms with van der Waals surface area (Å²) in [4.78, 5) is 10.1. The third kappa shape index (κ3) is 5.03. The van der Waals surface area contributed by atoms with Crippen LogP contribution in [0.25, 0.3) is 0 Å². The molecule has 0 saturated heterocycles. The van der Waals surface area contributed by atoms with Crippen LogP contribution < -0.4 is 14.2 Å². The summed E-state index contributed by atoms with van der Waals surface area (Å²) in [6.07, 6.45) is 1.56. The molecule has 0 bridgehead atoms. The molecule has 0 aliphatic carbocycles. The lowest BCUT2D eigenvalue weighted by Gasteiger charge is -2.11. The maximum absolute atomic E-state index is 10.6. The molecule has 128 valence electrons. The minimum atomic E-state index is -0.495. The van der Waals surface area contributed by atoms with Gasteiger partial charge in [0.05, 0.1) is 30.3 Å². The highest BCUT2D eigenvalue weighted by molar-refractivity contribution is 6.32. The summed E-state index contributed by atoms with van der Waals surface area (Å²) < 4.78 is 16.4. The second-order valence-electron chi connectivity index (χ2n) is 4.93. The summed E-state index contributed by atoms with van der Waals surface area (Å²) in [5.74, 6) is 1.85. The van der Waals surface area contributed by atoms with Crippen LogP contribution >= 0.6 is 11.6 Å². The Morgan fingerprint density at radius 1 is 1.00 bits per heavy atom. The van der Waals surface area contributed by atoms with Gasteiger partial charge in [-0.05, 0) is 31.0 Å². The van der Waals surface area contributed by atoms with E-state index in [-0.39, 0.29) is 10.7 Å². The van der Waals surface area contributed by atoms with E-state index in [1.54, 1.807) is 7.11 Å². The standard InChI is InChI=1S/C17H18ClNO5/c1-22-16-6-2-3-7-17(16)24-11-5-4-10-23-15-9-8-13(19(20)21)12-14(15)18/h2-3,6-9,12H,4-5,10-11H2,1H3. The number of unbranched alkanes of at least 4 members (excludes halogenated alkanes) is 1. The smallest absolute Gasteiger partial charge is 0.271 e. The van der Waals surface area contributed by atoms with Gasteiger partial charge in [0, 0.05) is 12.1 Å². The number of halogens is 1. The molecule has 0 N–H and O–H groups in total. The number of hydrogen-bond acceptors (Lipinski definition) is 5. The number of benzene rings is 2. The fourth-order valence-corrected chi connectivity index (χ4v) is 2.26. The Kier molecular flexibility index (Phi) is 6.69. The number of para-hydroxylation sites is 2. The van der Waals surface area contributed by atoms with Crippen LogP contribution in [-0.2, 0) is 0 Å². The molecule has 2 aromatic rings. The molecule has 7 heteroatoms. The molecule has 0 saturated carbocycles. The highest BCUT2D eigenvalue weighted by atomic mass is 35.5. The largest absolute Gasteiger partial charge is 0.493 e. The van der Waals surface area contributed by atoms with Crippen molar-refractivity contribution in [3.63, 3.8) is 0 Å². The number of hydrogen-bond donors (Lipinski definition) is 0. The summed E-state index contributed by atoms with van der Waals surface area (Å²) in [7, 11) is 1.60. The van der Waals surface area contributed by atoms with Gasteiger partial charge >= 0.3 is 0 Å². The molecular weight excluding hydrogens is 334 g/mol. The van der Waals surface area contributed by atoms with E-state index in [4.69, 9.17) is 25.8 Å². The second-order valence-corrected chi connectivity index (χ2v) is 5.33. The van der Waals surface area contributed by atoms with Crippen LogP contribution in [0.1, 0.15) is 12.8 Å². The fourth-order valence-electron chi connectivity index (χ4n) is 2.03. The average molecular weight is 352 g/mol. The van der Waals surface area contributed by atoms with Crippen molar-refractivity contribution in [2.45, 2.75) is 12.8 Å². The molecule has 2 rings (SSSR count). The van der Waals surface area contributed by atoms with Gasteiger partial charge in [0.15, 0.2) is 11.5 Å². The number of nitro benzene ring substituents is 1. The highest BCUT2D eigenvalue weighted by Gasteiger charge is 2.10. The Hall–Kier alpha value is -2.47. The van der Waals surface area contributed by atoms with Crippen LogP contribution in [0.3, 0.4) is 0 Å². The van der Waals surface area contributed by atoms with E-state index in [2.05, 4.69) is 0 Å². The Morgan fingerprint density at radius 2 is 1.62 bits per heavy atom. The molecule has 0 radical (unpaired) electrons. The zero-order chi connectivity index (χ0) is 17.4. The van der Waals surface area contributed by atoms with Crippen molar-refractivity contribution in [3.8, 4) is 17.2 Å². The highest BCUT2D eigenvalue weighted by Crippen LogP contribution is 2.29. The molecule has 2 aromatic carbocycles. The summed E-state index contributed by atoms with van der Waals surface area (Å²) in [6.45, 7) is 0.991. The van der Waals surface area contributed by atoms with E-state index in [9.17, 15) is 10.1 Å². The maximum atomic E-state index is 10.6. The zero-order valence-corrected chi connectivity index (χ0v) is 14.0. The molecule has 0 aromatic heterocycles. The molecule has 6 nitrogen and oxygen atoms in total. The normalized spacial score (nSPS) is 10.2. The van der Waals surface area contributed by atoms with Crippen molar-refractivity contribution in [2.75, 3.05) is 20.3 Å². The van der Waals surface area contributed by atoms with Gasteiger partial charge in [0.2, 0.25) is 0 Å². The van der Waals surface area contributed by atoms with Crippen molar-refractivity contribution < 1.29 is 19.1 Å². The topological polar surface area (TPSA) is 70.8 Å². The number of ether oxygens (including phenoxy) is 3. The fraction of sp³-hybridized carbons (Fsp3) is 0.294. The van der Waals surface area contributed by atoms with Crippen LogP contribution in [-0.4, -0.2) is 25.2 Å². The number of rotatable bonds is 9. The third-order valence-corrected chi connectivity index (χ3v) is 3.54. The van der Waals surface area contributed by atoms with Crippen molar-refractivity contribution >= 4 is 17.3 Å². The van der Waals surface area contributed by atoms with Gasteiger partial charge in [-0.1, -0.05) is 23.7 Å². The first-order chi connectivity index (χ1) is 11.6. The van der Waals surface area contributed by atoms with Crippen LogP contribution in [0.2, 0.25) is 5.02 Å². The lowest BCUT2D eigenvalue weighted by Crippen LogP contribution is -2.03. The number of methoxy groups -OCH3 is 1. The van der Waals surface area contributed by atoms with Gasteiger partial charge in [-0.15, -0.1) is 0 Å². The monoisotopic (exact) mass is 351 g/mol. The molecule has 0 heterocycles.